The number of hydrogen-bond acceptors (Lipinski definition) is 4. The van der Waals surface area contributed by atoms with Gasteiger partial charge < -0.3 is 14.8 Å². The Labute approximate surface area is 240 Å². The number of piperazine rings is 1. The molecule has 2 aliphatic rings. The van der Waals surface area contributed by atoms with Crippen LogP contribution in [0, 0.1) is 18.3 Å². The smallest absolute Gasteiger partial charge is 0.272 e. The van der Waals surface area contributed by atoms with Gasteiger partial charge in [-0.2, -0.15) is 0 Å². The Morgan fingerprint density at radius 1 is 0.927 bits per heavy atom. The predicted molar refractivity (Wildman–Crippen MR) is 160 cm³/mol. The fourth-order valence-electron chi connectivity index (χ4n) is 6.42. The second-order valence-electron chi connectivity index (χ2n) is 12.5. The predicted octanol–water partition coefficient (Wildman–Crippen LogP) is 5.90. The van der Waals surface area contributed by atoms with Crippen LogP contribution in [0.2, 0.25) is 0 Å². The first kappa shape index (κ1) is 26.9. The topological polar surface area (TPSA) is 86.4 Å². The van der Waals surface area contributed by atoms with E-state index in [0.29, 0.717) is 24.5 Å². The lowest BCUT2D eigenvalue weighted by molar-refractivity contribution is -0.141. The van der Waals surface area contributed by atoms with Gasteiger partial charge in [0.05, 0.1) is 23.7 Å². The Balaban J connectivity index is 1.14. The quantitative estimate of drug-likeness (QED) is 0.304. The van der Waals surface area contributed by atoms with Crippen molar-refractivity contribution in [1.29, 1.82) is 0 Å². The van der Waals surface area contributed by atoms with E-state index in [1.807, 2.05) is 104 Å². The van der Waals surface area contributed by atoms with Gasteiger partial charge >= 0.3 is 0 Å². The van der Waals surface area contributed by atoms with Gasteiger partial charge in [-0.15, -0.1) is 0 Å². The number of hydrogen-bond donors (Lipinski definition) is 1. The molecule has 0 spiro atoms. The van der Waals surface area contributed by atoms with Crippen LogP contribution in [0.25, 0.3) is 22.0 Å². The van der Waals surface area contributed by atoms with Gasteiger partial charge in [0.2, 0.25) is 5.91 Å². The van der Waals surface area contributed by atoms with E-state index in [1.54, 1.807) is 6.07 Å². The van der Waals surface area contributed by atoms with Crippen molar-refractivity contribution in [3.05, 3.63) is 89.9 Å². The Hall–Kier alpha value is -4.26. The molecule has 0 saturated carbocycles. The summed E-state index contributed by atoms with van der Waals surface area (Å²) in [6, 6.07) is 23.4. The van der Waals surface area contributed by atoms with E-state index >= 15 is 0 Å². The zero-order valence-corrected chi connectivity index (χ0v) is 24.1. The minimum atomic E-state index is -0.459. The van der Waals surface area contributed by atoms with Crippen molar-refractivity contribution in [2.75, 3.05) is 13.1 Å². The molecule has 6 rings (SSSR count). The molecule has 1 N–H and O–H groups in total. The Morgan fingerprint density at radius 3 is 2.27 bits per heavy atom. The maximum absolute atomic E-state index is 13.9. The molecular weight excluding hydrogens is 512 g/mol. The summed E-state index contributed by atoms with van der Waals surface area (Å²) in [5, 5.41) is 0.982. The molecule has 4 aromatic rings. The summed E-state index contributed by atoms with van der Waals surface area (Å²) in [4.78, 5) is 52.4. The molecule has 2 aromatic carbocycles. The van der Waals surface area contributed by atoms with Crippen molar-refractivity contribution in [2.24, 2.45) is 11.3 Å². The van der Waals surface area contributed by atoms with Crippen molar-refractivity contribution in [3.8, 4) is 11.1 Å². The lowest BCUT2D eigenvalue weighted by Gasteiger charge is -2.39. The number of aryl methyl sites for hydroxylation is 1. The lowest BCUT2D eigenvalue weighted by Crippen LogP contribution is -2.53. The Morgan fingerprint density at radius 2 is 1.61 bits per heavy atom. The average Bonchev–Trinajstić information content (AvgIpc) is 3.69. The highest BCUT2D eigenvalue weighted by Gasteiger charge is 2.50. The van der Waals surface area contributed by atoms with Crippen LogP contribution in [0.5, 0.6) is 0 Å². The maximum atomic E-state index is 13.9. The average molecular weight is 549 g/mol. The number of ketones is 1. The number of nitrogens with one attached hydrogen (secondary N) is 1. The van der Waals surface area contributed by atoms with Crippen molar-refractivity contribution >= 4 is 28.5 Å². The van der Waals surface area contributed by atoms with Gasteiger partial charge in [-0.05, 0) is 42.5 Å². The summed E-state index contributed by atoms with van der Waals surface area (Å²) in [5.41, 5.74) is 4.39. The number of likely N-dealkylation sites (tertiary alicyclic amines) is 2. The van der Waals surface area contributed by atoms with Crippen LogP contribution in [0.3, 0.4) is 0 Å². The van der Waals surface area contributed by atoms with Gasteiger partial charge in [-0.1, -0.05) is 75.4 Å². The molecule has 3 atom stereocenters. The van der Waals surface area contributed by atoms with Crippen LogP contribution in [0.1, 0.15) is 60.3 Å². The van der Waals surface area contributed by atoms with Gasteiger partial charge in [0.15, 0.2) is 5.78 Å². The SMILES string of the molecule is Cc1nc(C(=O)N2C[C@@H]3C[C@H]2CN3C(=O)[C@@H](CC(=O)c2cc3ccccc3[nH]2)C(C)(C)C)ccc1-c1ccccc1. The van der Waals surface area contributed by atoms with E-state index in [1.165, 1.54) is 0 Å². The van der Waals surface area contributed by atoms with Crippen LogP contribution < -0.4 is 0 Å². The van der Waals surface area contributed by atoms with Crippen LogP contribution in [0.4, 0.5) is 0 Å². The number of pyridine rings is 1. The number of aromatic nitrogens is 2. The molecule has 2 saturated heterocycles. The number of fused-ring (bicyclic) bond motifs is 3. The number of Topliss-reactive ketones (excluding diaryl/α,β-unsaturated/α-hetero) is 1. The molecule has 4 heterocycles. The van der Waals surface area contributed by atoms with Crippen molar-refractivity contribution < 1.29 is 14.4 Å². The molecule has 41 heavy (non-hydrogen) atoms. The standard InChI is InChI=1S/C34H36N4O3/c1-21-26(22-10-6-5-7-11-22)14-15-29(35-21)33(41)38-20-24-17-25(38)19-37(24)32(40)27(34(2,3)4)18-31(39)30-16-23-12-8-9-13-28(23)36-30/h5-16,24-25,27,36H,17-20H2,1-4H3/t24-,25-,27+/m0/s1. The summed E-state index contributed by atoms with van der Waals surface area (Å²) in [6.45, 7) is 8.97. The van der Waals surface area contributed by atoms with Crippen LogP contribution in [-0.4, -0.2) is 62.5 Å². The van der Waals surface area contributed by atoms with Gasteiger partial charge in [-0.25, -0.2) is 4.98 Å². The van der Waals surface area contributed by atoms with Gasteiger partial charge in [-0.3, -0.25) is 14.4 Å². The zero-order valence-electron chi connectivity index (χ0n) is 24.1. The molecule has 2 amide bonds. The Kier molecular flexibility index (Phi) is 6.76. The molecule has 2 aromatic heterocycles. The highest BCUT2D eigenvalue weighted by Crippen LogP contribution is 2.38. The first-order valence-electron chi connectivity index (χ1n) is 14.4. The highest BCUT2D eigenvalue weighted by molar-refractivity contribution is 6.01. The molecule has 2 fully saturated rings. The third-order valence-electron chi connectivity index (χ3n) is 8.74. The number of H-pyrrole nitrogens is 1. The third-order valence-corrected chi connectivity index (χ3v) is 8.74. The fraction of sp³-hybridized carbons (Fsp3) is 0.353. The molecule has 0 radical (unpaired) electrons. The summed E-state index contributed by atoms with van der Waals surface area (Å²) in [6.07, 6.45) is 0.897. The van der Waals surface area contributed by atoms with Crippen molar-refractivity contribution in [3.63, 3.8) is 0 Å². The number of carbonyl (C=O) groups is 3. The number of para-hydroxylation sites is 1. The number of aromatic amines is 1. The maximum Gasteiger partial charge on any atom is 0.272 e. The minimum Gasteiger partial charge on any atom is -0.352 e. The molecule has 7 heteroatoms. The summed E-state index contributed by atoms with van der Waals surface area (Å²) >= 11 is 0. The molecule has 2 aliphatic heterocycles. The minimum absolute atomic E-state index is 0.00254. The number of benzene rings is 2. The van der Waals surface area contributed by atoms with Gasteiger partial charge in [0.1, 0.15) is 5.69 Å². The molecular formula is C34H36N4O3. The molecule has 0 aliphatic carbocycles. The van der Waals surface area contributed by atoms with E-state index in [9.17, 15) is 14.4 Å². The largest absolute Gasteiger partial charge is 0.352 e. The van der Waals surface area contributed by atoms with E-state index < -0.39 is 11.3 Å². The van der Waals surface area contributed by atoms with Crippen LogP contribution in [-0.2, 0) is 4.79 Å². The molecule has 7 nitrogen and oxygen atoms in total. The van der Waals surface area contributed by atoms with Crippen LogP contribution >= 0.6 is 0 Å². The molecule has 0 unspecified atom stereocenters. The lowest BCUT2D eigenvalue weighted by atomic mass is 9.76. The van der Waals surface area contributed by atoms with Crippen molar-refractivity contribution in [2.45, 2.75) is 52.6 Å². The van der Waals surface area contributed by atoms with Gasteiger partial charge in [0.25, 0.3) is 5.91 Å². The van der Waals surface area contributed by atoms with Gasteiger partial charge in [0, 0.05) is 41.7 Å². The summed E-state index contributed by atoms with van der Waals surface area (Å²) < 4.78 is 0. The number of amides is 2. The first-order chi connectivity index (χ1) is 19.6. The molecule has 210 valence electrons. The Bertz CT molecular complexity index is 1600. The zero-order chi connectivity index (χ0) is 28.9. The number of rotatable bonds is 6. The summed E-state index contributed by atoms with van der Waals surface area (Å²) in [7, 11) is 0. The number of nitrogens with zero attached hydrogens (tertiary/aromatic N) is 3. The first-order valence-corrected chi connectivity index (χ1v) is 14.4. The molecule has 2 bridgehead atoms. The second-order valence-corrected chi connectivity index (χ2v) is 12.5. The summed E-state index contributed by atoms with van der Waals surface area (Å²) in [5.74, 6) is -0.604. The normalized spacial score (nSPS) is 19.1. The van der Waals surface area contributed by atoms with E-state index in [-0.39, 0.29) is 36.1 Å². The van der Waals surface area contributed by atoms with Crippen molar-refractivity contribution in [1.82, 2.24) is 19.8 Å². The van der Waals surface area contributed by atoms with E-state index in [2.05, 4.69) is 9.97 Å². The number of carbonyl (C=O) groups excluding carboxylic acids is 3. The second kappa shape index (κ2) is 10.3. The van der Waals surface area contributed by atoms with E-state index in [0.717, 1.165) is 34.1 Å². The van der Waals surface area contributed by atoms with E-state index in [4.69, 9.17) is 0 Å². The fourth-order valence-corrected chi connectivity index (χ4v) is 6.42. The monoisotopic (exact) mass is 548 g/mol. The highest BCUT2D eigenvalue weighted by atomic mass is 16.2. The van der Waals surface area contributed by atoms with Crippen LogP contribution in [0.15, 0.2) is 72.8 Å². The third kappa shape index (κ3) is 5.05.